The quantitative estimate of drug-likeness (QED) is 0.888. The van der Waals surface area contributed by atoms with Crippen LogP contribution in [-0.4, -0.2) is 46.2 Å². The average Bonchev–Trinajstić information content (AvgIpc) is 2.73. The van der Waals surface area contributed by atoms with Crippen molar-refractivity contribution in [2.24, 2.45) is 13.0 Å². The van der Waals surface area contributed by atoms with Gasteiger partial charge in [0.25, 0.3) is 16.4 Å². The monoisotopic (exact) mass is 351 g/mol. The molecule has 10 heteroatoms. The molecule has 1 aliphatic rings. The molecule has 2 unspecified atom stereocenters. The highest BCUT2D eigenvalue weighted by molar-refractivity contribution is 7.89. The van der Waals surface area contributed by atoms with Gasteiger partial charge in [-0.2, -0.15) is 9.40 Å². The molecule has 1 aromatic rings. The number of nitrogens with zero attached hydrogens (tertiary/aromatic N) is 3. The maximum atomic E-state index is 13.3. The molecule has 23 heavy (non-hydrogen) atoms. The summed E-state index contributed by atoms with van der Waals surface area (Å²) in [5, 5.41) is 12.5. The first-order chi connectivity index (χ1) is 10.6. The molecule has 0 aliphatic carbocycles. The third-order valence-electron chi connectivity index (χ3n) is 4.13. The maximum absolute atomic E-state index is 13.3. The zero-order valence-electron chi connectivity index (χ0n) is 13.0. The highest BCUT2D eigenvalue weighted by Gasteiger charge is 2.44. The van der Waals surface area contributed by atoms with Crippen molar-refractivity contribution >= 4 is 16.0 Å². The van der Waals surface area contributed by atoms with Crippen molar-refractivity contribution < 1.29 is 27.1 Å². The van der Waals surface area contributed by atoms with Gasteiger partial charge in [0, 0.05) is 13.6 Å². The average molecular weight is 351 g/mol. The molecule has 0 spiro atoms. The number of alkyl halides is 2. The van der Waals surface area contributed by atoms with Crippen molar-refractivity contribution in [2.45, 2.75) is 44.2 Å². The minimum absolute atomic E-state index is 0.0173. The van der Waals surface area contributed by atoms with Gasteiger partial charge in [-0.25, -0.2) is 17.2 Å². The Hall–Kier alpha value is -1.55. The van der Waals surface area contributed by atoms with Crippen LogP contribution in [0.25, 0.3) is 0 Å². The standard InChI is InChI=1S/C13H19F2N3O4S/c1-7-5-4-6-18(10(7)13(19)20)23(21,22)12-9(11(14)15)8(2)16-17(12)3/h7,10-11H,4-6H2,1-3H3,(H,19,20). The molecule has 7 nitrogen and oxygen atoms in total. The molecule has 2 heterocycles. The van der Waals surface area contributed by atoms with E-state index < -0.39 is 45.0 Å². The normalized spacial score (nSPS) is 23.4. The lowest BCUT2D eigenvalue weighted by molar-refractivity contribution is -0.144. The van der Waals surface area contributed by atoms with Gasteiger partial charge in [0.15, 0.2) is 5.03 Å². The Morgan fingerprint density at radius 1 is 1.43 bits per heavy atom. The molecule has 1 aliphatic heterocycles. The summed E-state index contributed by atoms with van der Waals surface area (Å²) in [5.41, 5.74) is -0.757. The molecule has 0 aromatic carbocycles. The highest BCUT2D eigenvalue weighted by Crippen LogP contribution is 2.34. The summed E-state index contributed by atoms with van der Waals surface area (Å²) in [6.07, 6.45) is -1.97. The third-order valence-corrected chi connectivity index (χ3v) is 6.13. The highest BCUT2D eigenvalue weighted by atomic mass is 32.2. The van der Waals surface area contributed by atoms with Gasteiger partial charge in [-0.1, -0.05) is 6.92 Å². The minimum Gasteiger partial charge on any atom is -0.480 e. The lowest BCUT2D eigenvalue weighted by Crippen LogP contribution is -2.52. The first-order valence-corrected chi connectivity index (χ1v) is 8.59. The Labute approximate surface area is 132 Å². The van der Waals surface area contributed by atoms with Crippen LogP contribution in [0, 0.1) is 12.8 Å². The summed E-state index contributed by atoms with van der Waals surface area (Å²) in [6, 6.07) is -1.27. The fourth-order valence-corrected chi connectivity index (χ4v) is 5.19. The molecule has 0 saturated carbocycles. The van der Waals surface area contributed by atoms with Crippen LogP contribution >= 0.6 is 0 Å². The number of hydrogen-bond acceptors (Lipinski definition) is 4. The van der Waals surface area contributed by atoms with Gasteiger partial charge in [0.05, 0.1) is 11.3 Å². The van der Waals surface area contributed by atoms with Crippen LogP contribution in [0.1, 0.15) is 37.4 Å². The first kappa shape index (κ1) is 17.8. The number of carboxylic acids is 1. The van der Waals surface area contributed by atoms with E-state index >= 15 is 0 Å². The number of aryl methyl sites for hydroxylation is 2. The summed E-state index contributed by atoms with van der Waals surface area (Å²) in [4.78, 5) is 11.5. The van der Waals surface area contributed by atoms with Crippen molar-refractivity contribution in [3.63, 3.8) is 0 Å². The van der Waals surface area contributed by atoms with Gasteiger partial charge in [-0.3, -0.25) is 9.48 Å². The number of sulfonamides is 1. The topological polar surface area (TPSA) is 92.5 Å². The Bertz CT molecular complexity index is 717. The van der Waals surface area contributed by atoms with Crippen molar-refractivity contribution in [2.75, 3.05) is 6.54 Å². The van der Waals surface area contributed by atoms with Crippen LogP contribution in [0.2, 0.25) is 0 Å². The van der Waals surface area contributed by atoms with E-state index in [9.17, 15) is 27.1 Å². The summed E-state index contributed by atoms with van der Waals surface area (Å²) in [6.45, 7) is 2.92. The van der Waals surface area contributed by atoms with Crippen LogP contribution in [0.3, 0.4) is 0 Å². The Morgan fingerprint density at radius 3 is 2.57 bits per heavy atom. The lowest BCUT2D eigenvalue weighted by atomic mass is 9.93. The number of hydrogen-bond donors (Lipinski definition) is 1. The van der Waals surface area contributed by atoms with E-state index in [1.165, 1.54) is 14.0 Å². The SMILES string of the molecule is Cc1nn(C)c(S(=O)(=O)N2CCCC(C)C2C(=O)O)c1C(F)F. The minimum atomic E-state index is -4.40. The van der Waals surface area contributed by atoms with E-state index in [1.807, 2.05) is 0 Å². The van der Waals surface area contributed by atoms with Gasteiger partial charge in [-0.05, 0) is 25.7 Å². The molecule has 2 atom stereocenters. The van der Waals surface area contributed by atoms with Crippen LogP contribution in [-0.2, 0) is 21.9 Å². The van der Waals surface area contributed by atoms with Crippen LogP contribution in [0.5, 0.6) is 0 Å². The van der Waals surface area contributed by atoms with E-state index in [1.54, 1.807) is 6.92 Å². The van der Waals surface area contributed by atoms with Crippen molar-refractivity contribution in [1.29, 1.82) is 0 Å². The van der Waals surface area contributed by atoms with Crippen LogP contribution < -0.4 is 0 Å². The summed E-state index contributed by atoms with van der Waals surface area (Å²) in [7, 11) is -3.14. The second kappa shape index (κ2) is 6.16. The van der Waals surface area contributed by atoms with Crippen LogP contribution in [0.15, 0.2) is 5.03 Å². The number of carbonyl (C=O) groups is 1. The molecule has 2 rings (SSSR count). The zero-order chi connectivity index (χ0) is 17.5. The molecular weight excluding hydrogens is 332 g/mol. The summed E-state index contributed by atoms with van der Waals surface area (Å²) < 4.78 is 54.0. The molecule has 1 aromatic heterocycles. The lowest BCUT2D eigenvalue weighted by Gasteiger charge is -2.36. The zero-order valence-corrected chi connectivity index (χ0v) is 13.8. The largest absolute Gasteiger partial charge is 0.480 e. The molecule has 0 bridgehead atoms. The maximum Gasteiger partial charge on any atom is 0.322 e. The van der Waals surface area contributed by atoms with Crippen molar-refractivity contribution in [1.82, 2.24) is 14.1 Å². The Morgan fingerprint density at radius 2 is 2.04 bits per heavy atom. The molecule has 1 fully saturated rings. The van der Waals surface area contributed by atoms with Crippen molar-refractivity contribution in [3.05, 3.63) is 11.3 Å². The van der Waals surface area contributed by atoms with Gasteiger partial charge >= 0.3 is 5.97 Å². The summed E-state index contributed by atoms with van der Waals surface area (Å²) in [5.74, 6) is -1.68. The Balaban J connectivity index is 2.60. The van der Waals surface area contributed by atoms with Gasteiger partial charge < -0.3 is 5.11 Å². The fourth-order valence-electron chi connectivity index (χ4n) is 3.11. The van der Waals surface area contributed by atoms with E-state index in [0.717, 1.165) is 8.99 Å². The number of halogens is 2. The molecule has 130 valence electrons. The Kier molecular flexibility index (Phi) is 4.76. The predicted molar refractivity (Wildman–Crippen MR) is 76.6 cm³/mol. The van der Waals surface area contributed by atoms with E-state index in [-0.39, 0.29) is 12.2 Å². The number of carboxylic acid groups (broad SMARTS) is 1. The van der Waals surface area contributed by atoms with E-state index in [0.29, 0.717) is 12.8 Å². The third kappa shape index (κ3) is 2.97. The number of aromatic nitrogens is 2. The van der Waals surface area contributed by atoms with E-state index in [4.69, 9.17) is 0 Å². The van der Waals surface area contributed by atoms with Gasteiger partial charge in [-0.15, -0.1) is 0 Å². The predicted octanol–water partition coefficient (Wildman–Crippen LogP) is 1.54. The summed E-state index contributed by atoms with van der Waals surface area (Å²) >= 11 is 0. The molecule has 1 N–H and O–H groups in total. The molecule has 0 amide bonds. The first-order valence-electron chi connectivity index (χ1n) is 7.15. The van der Waals surface area contributed by atoms with Gasteiger partial charge in [0.2, 0.25) is 0 Å². The second-order valence-electron chi connectivity index (χ2n) is 5.75. The van der Waals surface area contributed by atoms with Gasteiger partial charge in [0.1, 0.15) is 6.04 Å². The fraction of sp³-hybridized carbons (Fsp3) is 0.692. The smallest absolute Gasteiger partial charge is 0.322 e. The van der Waals surface area contributed by atoms with Crippen LogP contribution in [0.4, 0.5) is 8.78 Å². The molecule has 1 saturated heterocycles. The number of aliphatic carboxylic acids is 1. The van der Waals surface area contributed by atoms with E-state index in [2.05, 4.69) is 5.10 Å². The van der Waals surface area contributed by atoms with Crippen molar-refractivity contribution in [3.8, 4) is 0 Å². The number of piperidine rings is 1. The molecular formula is C13H19F2N3O4S. The number of rotatable bonds is 4. The molecule has 0 radical (unpaired) electrons. The second-order valence-corrected chi connectivity index (χ2v) is 7.55.